The van der Waals surface area contributed by atoms with Gasteiger partial charge < -0.3 is 10.6 Å². The predicted octanol–water partition coefficient (Wildman–Crippen LogP) is 4.46. The van der Waals surface area contributed by atoms with Crippen LogP contribution in [0, 0.1) is 6.92 Å². The van der Waals surface area contributed by atoms with Crippen LogP contribution in [0.1, 0.15) is 79.4 Å². The van der Waals surface area contributed by atoms with E-state index in [0.717, 1.165) is 43.1 Å². The Balaban J connectivity index is 1.34. The van der Waals surface area contributed by atoms with Gasteiger partial charge in [0.15, 0.2) is 5.78 Å². The third-order valence-electron chi connectivity index (χ3n) is 7.77. The minimum atomic E-state index is -0.245. The van der Waals surface area contributed by atoms with Crippen LogP contribution >= 0.6 is 0 Å². The lowest BCUT2D eigenvalue weighted by Gasteiger charge is -2.21. The van der Waals surface area contributed by atoms with Crippen LogP contribution < -0.4 is 16.2 Å². The maximum absolute atomic E-state index is 13.4. The molecule has 1 saturated heterocycles. The first kappa shape index (κ1) is 22.1. The summed E-state index contributed by atoms with van der Waals surface area (Å²) in [6.45, 7) is 3.25. The molecule has 180 valence electrons. The third-order valence-corrected chi connectivity index (χ3v) is 7.77. The zero-order valence-electron chi connectivity index (χ0n) is 20.2. The zero-order chi connectivity index (χ0) is 24.1. The van der Waals surface area contributed by atoms with Crippen molar-refractivity contribution in [1.82, 2.24) is 24.8 Å². The molecule has 2 bridgehead atoms. The van der Waals surface area contributed by atoms with E-state index < -0.39 is 0 Å². The number of hydrogen-bond donors (Lipinski definition) is 2. The Morgan fingerprint density at radius 2 is 1.94 bits per heavy atom. The number of aromatic nitrogens is 4. The molecule has 1 aliphatic carbocycles. The minimum Gasteiger partial charge on any atom is -0.309 e. The van der Waals surface area contributed by atoms with E-state index in [1.54, 1.807) is 17.7 Å². The third kappa shape index (κ3) is 3.95. The van der Waals surface area contributed by atoms with Crippen LogP contribution in [-0.2, 0) is 0 Å². The molecule has 8 nitrogen and oxygen atoms in total. The summed E-state index contributed by atoms with van der Waals surface area (Å²) in [6.07, 6.45) is 13.4. The van der Waals surface area contributed by atoms with Crippen LogP contribution in [0.5, 0.6) is 0 Å². The van der Waals surface area contributed by atoms with Gasteiger partial charge in [-0.25, -0.2) is 9.97 Å². The molecule has 0 spiro atoms. The molecule has 3 aromatic rings. The molecular formula is C27H30N6O2. The number of nitrogens with zero attached hydrogens (tertiary/aromatic N) is 4. The Morgan fingerprint density at radius 1 is 1.11 bits per heavy atom. The van der Waals surface area contributed by atoms with E-state index in [9.17, 15) is 9.59 Å². The smallest absolute Gasteiger partial charge is 0.263 e. The van der Waals surface area contributed by atoms with Crippen LogP contribution in [0.25, 0.3) is 16.6 Å². The summed E-state index contributed by atoms with van der Waals surface area (Å²) in [5.41, 5.74) is 3.72. The molecule has 3 aromatic heterocycles. The SMILES string of the molecule is CC(=O)c1c(C)c2cnc(Nc3ccc(C4=CC5CCC(C4)N5)cn3)nc2n(C2CCCC2)c1=O. The highest BCUT2D eigenvalue weighted by atomic mass is 16.1. The number of Topliss-reactive ketones (excluding diaryl/α,β-unsaturated/α-hetero) is 1. The lowest BCUT2D eigenvalue weighted by molar-refractivity contribution is 0.101. The van der Waals surface area contributed by atoms with Gasteiger partial charge in [-0.2, -0.15) is 4.98 Å². The molecule has 2 aliphatic heterocycles. The number of fused-ring (bicyclic) bond motifs is 3. The highest BCUT2D eigenvalue weighted by Crippen LogP contribution is 2.33. The van der Waals surface area contributed by atoms with E-state index in [1.807, 2.05) is 12.3 Å². The molecule has 5 heterocycles. The molecule has 35 heavy (non-hydrogen) atoms. The van der Waals surface area contributed by atoms with E-state index in [2.05, 4.69) is 32.7 Å². The normalized spacial score (nSPS) is 21.9. The number of pyridine rings is 2. The lowest BCUT2D eigenvalue weighted by Crippen LogP contribution is -2.31. The fraction of sp³-hybridized carbons (Fsp3) is 0.444. The van der Waals surface area contributed by atoms with Crippen LogP contribution in [0.2, 0.25) is 0 Å². The number of carbonyl (C=O) groups excluding carboxylic acids is 1. The van der Waals surface area contributed by atoms with Crippen molar-refractivity contribution in [2.24, 2.45) is 0 Å². The first-order valence-electron chi connectivity index (χ1n) is 12.6. The quantitative estimate of drug-likeness (QED) is 0.531. The number of rotatable bonds is 5. The number of hydrogen-bond acceptors (Lipinski definition) is 7. The van der Waals surface area contributed by atoms with Crippen molar-refractivity contribution in [3.63, 3.8) is 0 Å². The van der Waals surface area contributed by atoms with Crippen molar-refractivity contribution in [1.29, 1.82) is 0 Å². The summed E-state index contributed by atoms with van der Waals surface area (Å²) >= 11 is 0. The van der Waals surface area contributed by atoms with Gasteiger partial charge in [0.25, 0.3) is 5.56 Å². The molecule has 2 atom stereocenters. The van der Waals surface area contributed by atoms with E-state index >= 15 is 0 Å². The molecule has 2 N–H and O–H groups in total. The van der Waals surface area contributed by atoms with Crippen LogP contribution in [0.15, 0.2) is 35.4 Å². The first-order chi connectivity index (χ1) is 17.0. The molecule has 0 aromatic carbocycles. The van der Waals surface area contributed by atoms with Gasteiger partial charge >= 0.3 is 0 Å². The topological polar surface area (TPSA) is 102 Å². The van der Waals surface area contributed by atoms with Crippen LogP contribution in [-0.4, -0.2) is 37.4 Å². The Kier molecular flexibility index (Phi) is 5.48. The predicted molar refractivity (Wildman–Crippen MR) is 136 cm³/mol. The van der Waals surface area contributed by atoms with Crippen molar-refractivity contribution in [2.75, 3.05) is 5.32 Å². The first-order valence-corrected chi connectivity index (χ1v) is 12.6. The van der Waals surface area contributed by atoms with Gasteiger partial charge in [-0.1, -0.05) is 18.9 Å². The molecule has 6 rings (SSSR count). The van der Waals surface area contributed by atoms with Gasteiger partial charge in [0, 0.05) is 35.9 Å². The highest BCUT2D eigenvalue weighted by Gasteiger charge is 2.28. The van der Waals surface area contributed by atoms with E-state index in [4.69, 9.17) is 4.98 Å². The summed E-state index contributed by atoms with van der Waals surface area (Å²) in [5.74, 6) is 0.819. The molecule has 3 aliphatic rings. The van der Waals surface area contributed by atoms with Gasteiger partial charge in [0.2, 0.25) is 5.95 Å². The molecule has 1 saturated carbocycles. The standard InChI is InChI=1S/C27H30N6O2/c1-15-22-14-29-27(32-25(22)33(21-5-3-4-6-21)26(35)24(15)16(2)34)31-23-10-7-17(13-28-23)18-11-19-8-9-20(12-18)30-19/h7,10-11,13-14,19-21,30H,3-6,8-9,12H2,1-2H3,(H,28,29,31,32). The van der Waals surface area contributed by atoms with E-state index in [-0.39, 0.29) is 22.9 Å². The number of aryl methyl sites for hydroxylation is 1. The lowest BCUT2D eigenvalue weighted by atomic mass is 9.97. The molecule has 0 radical (unpaired) electrons. The minimum absolute atomic E-state index is 0.0532. The number of anilines is 2. The molecule has 0 amide bonds. The monoisotopic (exact) mass is 470 g/mol. The number of ketones is 1. The summed E-state index contributed by atoms with van der Waals surface area (Å²) in [7, 11) is 0. The van der Waals surface area contributed by atoms with Crippen molar-refractivity contribution in [2.45, 2.75) is 76.9 Å². The Labute approximate surface area is 203 Å². The molecule has 2 unspecified atom stereocenters. The average molecular weight is 471 g/mol. The fourth-order valence-corrected chi connectivity index (χ4v) is 6.01. The molecule has 2 fully saturated rings. The summed E-state index contributed by atoms with van der Waals surface area (Å²) in [6, 6.07) is 5.15. The van der Waals surface area contributed by atoms with Crippen LogP contribution in [0.3, 0.4) is 0 Å². The van der Waals surface area contributed by atoms with Crippen LogP contribution in [0.4, 0.5) is 11.8 Å². The van der Waals surface area contributed by atoms with Gasteiger partial charge in [-0.15, -0.1) is 0 Å². The van der Waals surface area contributed by atoms with Gasteiger partial charge in [-0.05, 0) is 74.8 Å². The van der Waals surface area contributed by atoms with Gasteiger partial charge in [0.05, 0.1) is 5.56 Å². The Bertz CT molecular complexity index is 1400. The Morgan fingerprint density at radius 3 is 2.66 bits per heavy atom. The molecular weight excluding hydrogens is 440 g/mol. The van der Waals surface area contributed by atoms with Crippen molar-refractivity contribution >= 4 is 34.2 Å². The highest BCUT2D eigenvalue weighted by molar-refractivity contribution is 5.99. The van der Waals surface area contributed by atoms with Gasteiger partial charge in [-0.3, -0.25) is 14.2 Å². The second-order valence-corrected chi connectivity index (χ2v) is 10.1. The summed E-state index contributed by atoms with van der Waals surface area (Å²) in [4.78, 5) is 39.5. The summed E-state index contributed by atoms with van der Waals surface area (Å²) < 4.78 is 1.73. The van der Waals surface area contributed by atoms with Crippen molar-refractivity contribution in [3.05, 3.63) is 57.6 Å². The van der Waals surface area contributed by atoms with E-state index in [0.29, 0.717) is 35.1 Å². The maximum atomic E-state index is 13.4. The van der Waals surface area contributed by atoms with Crippen molar-refractivity contribution < 1.29 is 4.79 Å². The summed E-state index contributed by atoms with van der Waals surface area (Å²) in [5, 5.41) is 7.56. The van der Waals surface area contributed by atoms with Gasteiger partial charge in [0.1, 0.15) is 11.5 Å². The number of carbonyl (C=O) groups is 1. The number of nitrogens with one attached hydrogen (secondary N) is 2. The average Bonchev–Trinajstić information content (AvgIpc) is 3.49. The zero-order valence-corrected chi connectivity index (χ0v) is 20.2. The fourth-order valence-electron chi connectivity index (χ4n) is 6.01. The maximum Gasteiger partial charge on any atom is 0.263 e. The van der Waals surface area contributed by atoms with Crippen molar-refractivity contribution in [3.8, 4) is 0 Å². The second-order valence-electron chi connectivity index (χ2n) is 10.1. The Hall–Kier alpha value is -3.39. The second kappa shape index (κ2) is 8.68. The van der Waals surface area contributed by atoms with E-state index in [1.165, 1.54) is 25.3 Å². The molecule has 8 heteroatoms. The largest absolute Gasteiger partial charge is 0.309 e.